The van der Waals surface area contributed by atoms with Gasteiger partial charge in [-0.3, -0.25) is 37.8 Å². The van der Waals surface area contributed by atoms with Gasteiger partial charge in [-0.2, -0.15) is 15.3 Å². The summed E-state index contributed by atoms with van der Waals surface area (Å²) in [6.07, 6.45) is 46.4. The van der Waals surface area contributed by atoms with Crippen LogP contribution in [0.15, 0.2) is 51.9 Å². The molecule has 110 heavy (non-hydrogen) atoms. The van der Waals surface area contributed by atoms with Crippen LogP contribution < -0.4 is 108 Å². The summed E-state index contributed by atoms with van der Waals surface area (Å²) < 4.78 is 32.8. The molecule has 0 spiro atoms. The fourth-order valence-electron chi connectivity index (χ4n) is 27.0. The summed E-state index contributed by atoms with van der Waals surface area (Å²) >= 11 is 6.78. The van der Waals surface area contributed by atoms with Crippen molar-refractivity contribution in [3.05, 3.63) is 37.2 Å². The van der Waals surface area contributed by atoms with Crippen molar-refractivity contribution in [2.75, 3.05) is 65.2 Å². The average Bonchev–Trinajstić information content (AvgIpc) is 1.70. The molecule has 0 aromatic carbocycles. The number of carbonyl (C=O) groups is 4. The number of ether oxygens (including phenoxy) is 3. The van der Waals surface area contributed by atoms with Gasteiger partial charge in [0.1, 0.15) is 5.78 Å². The average molecular weight is 1710 g/mol. The van der Waals surface area contributed by atoms with Gasteiger partial charge in [0.2, 0.25) is 0 Å². The maximum atomic E-state index is 13.5. The summed E-state index contributed by atoms with van der Waals surface area (Å²) in [5, 5.41) is 56.5. The van der Waals surface area contributed by atoms with Crippen LogP contribution in [-0.2, 0) is 62.2 Å². The summed E-state index contributed by atoms with van der Waals surface area (Å²) in [5.41, 5.74) is -0.537. The number of nitrogens with zero attached hydrogens (tertiary/aromatic N) is 5. The number of alkyl halides is 1. The van der Waals surface area contributed by atoms with Crippen molar-refractivity contribution in [1.29, 1.82) is 0 Å². The zero-order valence-corrected chi connectivity index (χ0v) is 77.6. The van der Waals surface area contributed by atoms with E-state index in [1.165, 1.54) is 81.9 Å². The normalized spacial score (nSPS) is 40.8. The number of Topliss-reactive ketones (excluding diaryl/α,β-unsaturated/α-hetero) is 3. The molecule has 0 radical (unpaired) electrons. The number of fused-ring (bicyclic) bond motifs is 15. The van der Waals surface area contributed by atoms with Gasteiger partial charge >= 0.3 is 103 Å². The van der Waals surface area contributed by atoms with Crippen LogP contribution >= 0.6 is 39.5 Å². The molecule has 12 aliphatic carbocycles. The first-order valence-electron chi connectivity index (χ1n) is 39.9. The zero-order valence-electron chi connectivity index (χ0n) is 68.3. The van der Waals surface area contributed by atoms with Crippen molar-refractivity contribution < 1.29 is 167 Å². The second-order valence-corrected chi connectivity index (χ2v) is 40.5. The van der Waals surface area contributed by atoms with Crippen LogP contribution in [0, 0.1) is 121 Å². The van der Waals surface area contributed by atoms with Gasteiger partial charge in [-0.1, -0.05) is 59.0 Å². The number of nitrogens with one attached hydrogen (secondary N) is 1. The molecule has 3 aromatic heterocycles. The van der Waals surface area contributed by atoms with Gasteiger partial charge in [-0.25, -0.2) is 0 Å². The minimum atomic E-state index is -1.08. The maximum absolute atomic E-state index is 13.5. The summed E-state index contributed by atoms with van der Waals surface area (Å²) in [6, 6.07) is 0. The number of ketones is 3. The Kier molecular flexibility index (Phi) is 37.3. The number of thioether (sulfide) groups is 2. The molecule has 12 saturated carbocycles. The first-order chi connectivity index (χ1) is 49.9. The molecule has 12 fully saturated rings. The Morgan fingerprint density at radius 2 is 0.900 bits per heavy atom. The number of hydrogen-bond donors (Lipinski definition) is 4. The van der Waals surface area contributed by atoms with Crippen LogP contribution in [0.3, 0.4) is 0 Å². The van der Waals surface area contributed by atoms with E-state index in [1.54, 1.807) is 53.1 Å². The molecule has 0 aliphatic heterocycles. The van der Waals surface area contributed by atoms with E-state index < -0.39 is 27.6 Å². The van der Waals surface area contributed by atoms with Crippen molar-refractivity contribution in [2.45, 2.75) is 282 Å². The maximum Gasteiger partial charge on any atom is 1.00 e. The fraction of sp³-hybridized carbons (Fsp3) is 0.847. The van der Waals surface area contributed by atoms with Crippen molar-refractivity contribution in [3.8, 4) is 0 Å². The third kappa shape index (κ3) is 20.3. The number of aromatic amines is 1. The van der Waals surface area contributed by atoms with E-state index in [9.17, 15) is 33.9 Å². The zero-order chi connectivity index (χ0) is 75.7. The first kappa shape index (κ1) is 99.3. The van der Waals surface area contributed by atoms with Gasteiger partial charge in [-0.05, 0) is 310 Å². The van der Waals surface area contributed by atoms with Crippen molar-refractivity contribution in [2.24, 2.45) is 121 Å². The van der Waals surface area contributed by atoms with Gasteiger partial charge in [0.25, 0.3) is 6.47 Å². The summed E-state index contributed by atoms with van der Waals surface area (Å²) in [4.78, 5) is 53.8. The van der Waals surface area contributed by atoms with Gasteiger partial charge in [0.15, 0.2) is 11.6 Å². The summed E-state index contributed by atoms with van der Waals surface area (Å²) in [5.74, 6) is 9.34. The number of carbonyl (C=O) groups excluding carboxylic acids is 4. The Morgan fingerprint density at radius 3 is 1.19 bits per heavy atom. The van der Waals surface area contributed by atoms with Crippen molar-refractivity contribution in [1.82, 2.24) is 29.8 Å². The topological polar surface area (TPSA) is 270 Å². The Balaban J connectivity index is 0.000000272. The standard InChI is InChI=1S/C27H42N2O4S.C27H42N2O3S.C23H37BrO3.C4H6N2S.CH2O3.3CH4.2K.H/c1-25(31)11-12-27(17-33-3)18(13-25)5-6-20-21-7-8-23(26(21,2)10-9-22(20)27)24(30)16-29-15-19(14-28-29)34(4)32;1-25(31)11-12-27(17-32-3)18(13-25)5-6-20-21-7-8-23(26(21,2)10-9-22(20)27)24(30)16-29-15-19(33-4)14-28-29;1-21(26)10-11-23(14-27-3)15(12-21)4-5-16-17-6-7-19(20(25)13-24)22(17,2)9-8-18(16)23;1-7-4-2-5-6-3-4;2-1-4-3;;;;;;/h14-15,18,20-23,31H,5-13,16-17H2,1-4H3;14-15,18,20-23,31H,5-13,16-17H2,1-4H3;15-19,26H,4-14H2,1-3H3;2-3H,1H3,(H,5,6);1,3H;3*1H4;;;/q;;;;;;;;2*+1;-1/p-1/t18-,20-,21-,22-,23+,25+,26-,27+,34?;18-,20-,21-,22-,23+,25+,26-,27+;15-,16-,17-,18-,19+,21+,22-,23+;;;;;;;;/m000......../s1. The van der Waals surface area contributed by atoms with Crippen molar-refractivity contribution >= 4 is 74.1 Å². The number of rotatable bonds is 18. The molecular weight excluding hydrogens is 1570 g/mol. The van der Waals surface area contributed by atoms with E-state index in [0.29, 0.717) is 93.4 Å². The van der Waals surface area contributed by atoms with E-state index in [2.05, 4.69) is 62.0 Å². The SMILES string of the molecule is C.C.C.COC[C@]12CC[C@@](C)(O)C[C@@H]1CC[C@H]1[C@@H]3CC[C@H](C(=O)CBr)[C@@]3(C)CC[C@@H]12.COC[C@]12CC[C@@](C)(O)C[C@@H]1CC[C@H]1[C@@H]3CC[C@H](C(=O)Cn4cc(S(C)=O)cn4)[C@@]3(C)CC[C@@H]12.COC[C@]12CC[C@@](C)(O)C[C@@H]1CC[C@H]1[C@@H]3CC[C@H](C(=O)Cn4cc(SC)cn4)[C@@]3(C)CC[C@@H]12.CSc1cn[nH]c1.O=CO[O-].[H-].[K+].[K+]. The van der Waals surface area contributed by atoms with Crippen LogP contribution in [0.4, 0.5) is 0 Å². The Hall–Kier alpha value is 0.433. The van der Waals surface area contributed by atoms with Crippen LogP contribution in [0.25, 0.3) is 0 Å². The predicted molar refractivity (Wildman–Crippen MR) is 432 cm³/mol. The minimum Gasteiger partial charge on any atom is -1.00 e. The monoisotopic (exact) mass is 1710 g/mol. The third-order valence-corrected chi connectivity index (χ3v) is 34.5. The second-order valence-electron chi connectivity index (χ2n) is 36.8. The fourth-order valence-corrected chi connectivity index (χ4v) is 28.6. The van der Waals surface area contributed by atoms with Crippen LogP contribution in [0.5, 0.6) is 0 Å². The molecule has 3 heterocycles. The largest absolute Gasteiger partial charge is 1.00 e. The van der Waals surface area contributed by atoms with Gasteiger partial charge < -0.3 is 41.1 Å². The number of hydrogen-bond acceptors (Lipinski definition) is 18. The number of H-pyrrole nitrogens is 1. The van der Waals surface area contributed by atoms with Gasteiger partial charge in [-0.15, -0.1) is 23.5 Å². The first-order valence-corrected chi connectivity index (χ1v) is 45.0. The summed E-state index contributed by atoms with van der Waals surface area (Å²) in [6.45, 7) is 16.3. The number of methoxy groups -OCH3 is 3. The van der Waals surface area contributed by atoms with Gasteiger partial charge in [0.05, 0.1) is 89.3 Å². The number of halogens is 1. The molecular formula is C85H141BrK2N6O13S3. The van der Waals surface area contributed by atoms with Crippen molar-refractivity contribution in [3.63, 3.8) is 0 Å². The van der Waals surface area contributed by atoms with Crippen LogP contribution in [0.1, 0.15) is 239 Å². The Morgan fingerprint density at radius 1 is 0.545 bits per heavy atom. The molecule has 0 amide bonds. The van der Waals surface area contributed by atoms with E-state index in [4.69, 9.17) is 24.3 Å². The number of aromatic nitrogens is 6. The molecule has 1 unspecified atom stereocenters. The van der Waals surface area contributed by atoms with E-state index >= 15 is 0 Å². The minimum absolute atomic E-state index is 0. The molecule has 25 heteroatoms. The molecule has 616 valence electrons. The van der Waals surface area contributed by atoms with Crippen LogP contribution in [0.2, 0.25) is 0 Å². The molecule has 19 nitrogen and oxygen atoms in total. The van der Waals surface area contributed by atoms with E-state index in [-0.39, 0.29) is 196 Å². The smallest absolute Gasteiger partial charge is 1.00 e. The molecule has 3 aromatic rings. The molecule has 0 saturated heterocycles. The summed E-state index contributed by atoms with van der Waals surface area (Å²) in [7, 11) is 4.48. The predicted octanol–water partition coefficient (Wildman–Crippen LogP) is 10.0. The Labute approximate surface area is 767 Å². The quantitative estimate of drug-likeness (QED) is 0.0230. The van der Waals surface area contributed by atoms with Crippen LogP contribution in [-0.4, -0.2) is 155 Å². The Bertz CT molecular complexity index is 3470. The number of aliphatic hydroxyl groups is 3. The molecule has 4 N–H and O–H groups in total. The molecule has 15 rings (SSSR count). The van der Waals surface area contributed by atoms with E-state index in [1.807, 2.05) is 77.9 Å². The van der Waals surface area contributed by atoms with Gasteiger partial charge in [0, 0.05) is 73.7 Å². The molecule has 12 aliphatic rings. The van der Waals surface area contributed by atoms with E-state index in [0.717, 1.165) is 127 Å². The molecule has 0 bridgehead atoms. The molecule has 25 atom stereocenters. The second kappa shape index (κ2) is 41.3. The third-order valence-electron chi connectivity index (χ3n) is 31.7.